The molecule has 0 atom stereocenters. The first-order valence-electron chi connectivity index (χ1n) is 8.92. The number of carbonyl (C=O) groups is 1. The molecule has 2 heterocycles. The van der Waals surface area contributed by atoms with E-state index in [1.54, 1.807) is 23.5 Å². The zero-order valence-electron chi connectivity index (χ0n) is 15.3. The Morgan fingerprint density at radius 1 is 1.29 bits per heavy atom. The maximum absolute atomic E-state index is 12.9. The van der Waals surface area contributed by atoms with Crippen LogP contribution in [0.3, 0.4) is 0 Å². The summed E-state index contributed by atoms with van der Waals surface area (Å²) in [6.45, 7) is -0.185. The largest absolute Gasteiger partial charge is 0.324 e. The van der Waals surface area contributed by atoms with Crippen LogP contribution in [0.25, 0.3) is 10.2 Å². The molecule has 0 radical (unpaired) electrons. The zero-order valence-corrected chi connectivity index (χ0v) is 16.9. The van der Waals surface area contributed by atoms with E-state index in [0.29, 0.717) is 11.1 Å². The van der Waals surface area contributed by atoms with Crippen molar-refractivity contribution in [3.05, 3.63) is 51.4 Å². The average Bonchev–Trinajstić information content (AvgIpc) is 3.03. The number of sulfone groups is 1. The first-order chi connectivity index (χ1) is 13.3. The molecule has 1 aliphatic carbocycles. The number of anilines is 1. The van der Waals surface area contributed by atoms with E-state index >= 15 is 0 Å². The molecule has 2 aromatic heterocycles. The average molecular weight is 418 g/mol. The van der Waals surface area contributed by atoms with Crippen LogP contribution >= 0.6 is 11.3 Å². The molecule has 7 nitrogen and oxygen atoms in total. The van der Waals surface area contributed by atoms with E-state index in [0.717, 1.165) is 42.3 Å². The highest BCUT2D eigenvalue weighted by Crippen LogP contribution is 2.33. The highest BCUT2D eigenvalue weighted by atomic mass is 32.2. The predicted octanol–water partition coefficient (Wildman–Crippen LogP) is 2.38. The van der Waals surface area contributed by atoms with Crippen LogP contribution < -0.4 is 10.9 Å². The topological polar surface area (TPSA) is 98.1 Å². The van der Waals surface area contributed by atoms with Gasteiger partial charge in [-0.05, 0) is 49.4 Å². The molecule has 0 unspecified atom stereocenters. The second-order valence-electron chi connectivity index (χ2n) is 6.92. The number of fused-ring (bicyclic) bond motifs is 3. The minimum Gasteiger partial charge on any atom is -0.324 e. The number of carbonyl (C=O) groups excluding carboxylic acids is 1. The summed E-state index contributed by atoms with van der Waals surface area (Å²) in [6, 6.07) is 6.02. The maximum atomic E-state index is 12.9. The smallest absolute Gasteiger partial charge is 0.262 e. The Hall–Kier alpha value is -2.52. The molecule has 146 valence electrons. The van der Waals surface area contributed by atoms with Crippen molar-refractivity contribution in [1.82, 2.24) is 9.55 Å². The lowest BCUT2D eigenvalue weighted by atomic mass is 9.97. The molecule has 0 saturated heterocycles. The number of thiophene rings is 1. The van der Waals surface area contributed by atoms with Crippen molar-refractivity contribution >= 4 is 43.0 Å². The summed E-state index contributed by atoms with van der Waals surface area (Å²) < 4.78 is 24.6. The molecule has 1 N–H and O–H groups in total. The van der Waals surface area contributed by atoms with Crippen LogP contribution in [-0.4, -0.2) is 30.1 Å². The first-order valence-corrected chi connectivity index (χ1v) is 11.6. The summed E-state index contributed by atoms with van der Waals surface area (Å²) >= 11 is 1.57. The normalized spacial score (nSPS) is 14.0. The minimum absolute atomic E-state index is 0.121. The maximum Gasteiger partial charge on any atom is 0.262 e. The van der Waals surface area contributed by atoms with Crippen LogP contribution in [-0.2, 0) is 34.0 Å². The van der Waals surface area contributed by atoms with Gasteiger partial charge in [-0.15, -0.1) is 11.3 Å². The van der Waals surface area contributed by atoms with Gasteiger partial charge in [0, 0.05) is 16.8 Å². The molecule has 4 rings (SSSR count). The van der Waals surface area contributed by atoms with Gasteiger partial charge in [-0.3, -0.25) is 14.2 Å². The zero-order chi connectivity index (χ0) is 19.9. The van der Waals surface area contributed by atoms with Crippen LogP contribution in [0.1, 0.15) is 23.3 Å². The van der Waals surface area contributed by atoms with Crippen molar-refractivity contribution in [2.45, 2.75) is 37.1 Å². The number of nitrogens with one attached hydrogen (secondary N) is 1. The van der Waals surface area contributed by atoms with Crippen LogP contribution in [0.2, 0.25) is 0 Å². The van der Waals surface area contributed by atoms with E-state index in [2.05, 4.69) is 10.3 Å². The second-order valence-corrected chi connectivity index (χ2v) is 10.0. The summed E-state index contributed by atoms with van der Waals surface area (Å²) in [6.07, 6.45) is 6.55. The molecule has 0 saturated carbocycles. The third-order valence-corrected chi connectivity index (χ3v) is 7.11. The Balaban J connectivity index is 1.59. The Morgan fingerprint density at radius 3 is 2.86 bits per heavy atom. The number of amides is 1. The lowest BCUT2D eigenvalue weighted by molar-refractivity contribution is -0.116. The molecular formula is C19H19N3O4S2. The van der Waals surface area contributed by atoms with E-state index in [-0.39, 0.29) is 17.0 Å². The van der Waals surface area contributed by atoms with Gasteiger partial charge < -0.3 is 5.32 Å². The summed E-state index contributed by atoms with van der Waals surface area (Å²) in [5.41, 5.74) is 1.24. The number of hydrogen-bond acceptors (Lipinski definition) is 6. The molecule has 0 spiro atoms. The standard InChI is InChI=1S/C19H19N3O4S2/c1-28(25,26)13-6-4-5-12(9-13)21-16(23)10-22-11-20-18-17(19(22)24)14-7-2-3-8-15(14)27-18/h4-6,9,11H,2-3,7-8,10H2,1H3,(H,21,23). The number of hydrogen-bond donors (Lipinski definition) is 1. The van der Waals surface area contributed by atoms with E-state index in [4.69, 9.17) is 0 Å². The van der Waals surface area contributed by atoms with Crippen molar-refractivity contribution in [2.24, 2.45) is 0 Å². The molecule has 9 heteroatoms. The highest BCUT2D eigenvalue weighted by Gasteiger charge is 2.20. The van der Waals surface area contributed by atoms with Crippen LogP contribution in [0.5, 0.6) is 0 Å². The van der Waals surface area contributed by atoms with Crippen molar-refractivity contribution in [3.63, 3.8) is 0 Å². The fourth-order valence-electron chi connectivity index (χ4n) is 3.45. The van der Waals surface area contributed by atoms with Gasteiger partial charge in [-0.1, -0.05) is 6.07 Å². The van der Waals surface area contributed by atoms with Gasteiger partial charge in [-0.2, -0.15) is 0 Å². The summed E-state index contributed by atoms with van der Waals surface area (Å²) in [5, 5.41) is 3.28. The van der Waals surface area contributed by atoms with Crippen molar-refractivity contribution in [1.29, 1.82) is 0 Å². The Labute approximate surface area is 166 Å². The van der Waals surface area contributed by atoms with Gasteiger partial charge in [0.2, 0.25) is 5.91 Å². The number of aromatic nitrogens is 2. The van der Waals surface area contributed by atoms with Crippen molar-refractivity contribution < 1.29 is 13.2 Å². The molecular weight excluding hydrogens is 398 g/mol. The minimum atomic E-state index is -3.37. The molecule has 0 bridgehead atoms. The third-order valence-electron chi connectivity index (χ3n) is 4.80. The number of rotatable bonds is 4. The molecule has 28 heavy (non-hydrogen) atoms. The van der Waals surface area contributed by atoms with E-state index in [1.165, 1.54) is 27.9 Å². The van der Waals surface area contributed by atoms with Crippen molar-refractivity contribution in [2.75, 3.05) is 11.6 Å². The predicted molar refractivity (Wildman–Crippen MR) is 109 cm³/mol. The Morgan fingerprint density at radius 2 is 2.07 bits per heavy atom. The number of benzene rings is 1. The molecule has 0 fully saturated rings. The van der Waals surface area contributed by atoms with Crippen LogP contribution in [0.15, 0.2) is 40.3 Å². The lowest BCUT2D eigenvalue weighted by Gasteiger charge is -2.11. The third kappa shape index (κ3) is 3.59. The molecule has 1 amide bonds. The Kier molecular flexibility index (Phi) is 4.80. The molecule has 3 aromatic rings. The van der Waals surface area contributed by atoms with Gasteiger partial charge in [0.1, 0.15) is 11.4 Å². The van der Waals surface area contributed by atoms with Gasteiger partial charge >= 0.3 is 0 Å². The van der Waals surface area contributed by atoms with Gasteiger partial charge in [0.15, 0.2) is 9.84 Å². The fourth-order valence-corrected chi connectivity index (χ4v) is 5.34. The van der Waals surface area contributed by atoms with Crippen LogP contribution in [0.4, 0.5) is 5.69 Å². The summed E-state index contributed by atoms with van der Waals surface area (Å²) in [5.74, 6) is -0.419. The van der Waals surface area contributed by atoms with E-state index in [1.807, 2.05) is 0 Å². The quantitative estimate of drug-likeness (QED) is 0.703. The number of nitrogens with zero attached hydrogens (tertiary/aromatic N) is 2. The fraction of sp³-hybridized carbons (Fsp3) is 0.316. The monoisotopic (exact) mass is 417 g/mol. The lowest BCUT2D eigenvalue weighted by Crippen LogP contribution is -2.28. The van der Waals surface area contributed by atoms with Gasteiger partial charge in [0.25, 0.3) is 5.56 Å². The van der Waals surface area contributed by atoms with E-state index < -0.39 is 15.7 Å². The highest BCUT2D eigenvalue weighted by molar-refractivity contribution is 7.90. The summed E-state index contributed by atoms with van der Waals surface area (Å²) in [4.78, 5) is 31.8. The molecule has 0 aliphatic heterocycles. The van der Waals surface area contributed by atoms with Gasteiger partial charge in [0.05, 0.1) is 16.6 Å². The second kappa shape index (κ2) is 7.14. The summed E-state index contributed by atoms with van der Waals surface area (Å²) in [7, 11) is -3.37. The van der Waals surface area contributed by atoms with Crippen molar-refractivity contribution in [3.8, 4) is 0 Å². The van der Waals surface area contributed by atoms with E-state index in [9.17, 15) is 18.0 Å². The SMILES string of the molecule is CS(=O)(=O)c1cccc(NC(=O)Cn2cnc3sc4c(c3c2=O)CCCC4)c1. The first kappa shape index (κ1) is 18.8. The Bertz CT molecular complexity index is 1240. The number of aryl methyl sites for hydroxylation is 2. The molecule has 1 aromatic carbocycles. The van der Waals surface area contributed by atoms with Crippen LogP contribution in [0, 0.1) is 0 Å². The van der Waals surface area contributed by atoms with Gasteiger partial charge in [-0.25, -0.2) is 13.4 Å². The molecule has 1 aliphatic rings.